The molecule has 7 nitrogen and oxygen atoms in total. The number of nitrogens with two attached hydrogens (primary N) is 1. The Morgan fingerprint density at radius 3 is 2.32 bits per heavy atom. The van der Waals surface area contributed by atoms with E-state index in [2.05, 4.69) is 41.8 Å². The molecular formula is C21H25N7. The van der Waals surface area contributed by atoms with Gasteiger partial charge in [0.2, 0.25) is 0 Å². The van der Waals surface area contributed by atoms with Crippen LogP contribution in [0.2, 0.25) is 0 Å². The Labute approximate surface area is 165 Å². The van der Waals surface area contributed by atoms with Crippen LogP contribution >= 0.6 is 0 Å². The van der Waals surface area contributed by atoms with Crippen LogP contribution in [0.25, 0.3) is 0 Å². The van der Waals surface area contributed by atoms with E-state index in [1.807, 2.05) is 49.6 Å². The lowest BCUT2D eigenvalue weighted by molar-refractivity contribution is 0.641. The van der Waals surface area contributed by atoms with Gasteiger partial charge in [0.1, 0.15) is 17.8 Å². The van der Waals surface area contributed by atoms with Crippen molar-refractivity contribution in [1.29, 1.82) is 0 Å². The lowest BCUT2D eigenvalue weighted by Gasteiger charge is -2.36. The second-order valence-corrected chi connectivity index (χ2v) is 6.94. The molecule has 0 amide bonds. The highest BCUT2D eigenvalue weighted by Crippen LogP contribution is 2.30. The quantitative estimate of drug-likeness (QED) is 0.734. The van der Waals surface area contributed by atoms with E-state index in [0.717, 1.165) is 50.2 Å². The van der Waals surface area contributed by atoms with E-state index in [4.69, 9.17) is 5.73 Å². The summed E-state index contributed by atoms with van der Waals surface area (Å²) in [5.74, 6) is 2.59. The molecule has 0 bridgehead atoms. The number of pyridine rings is 1. The number of benzene rings is 1. The molecule has 28 heavy (non-hydrogen) atoms. The zero-order valence-corrected chi connectivity index (χ0v) is 16.1. The Morgan fingerprint density at radius 1 is 0.893 bits per heavy atom. The summed E-state index contributed by atoms with van der Waals surface area (Å²) in [6, 6.07) is 16.3. The van der Waals surface area contributed by atoms with Gasteiger partial charge in [-0.05, 0) is 17.7 Å². The maximum atomic E-state index is 6.48. The fraction of sp³-hybridized carbons (Fsp3) is 0.286. The van der Waals surface area contributed by atoms with Crippen LogP contribution in [0, 0.1) is 0 Å². The Balaban J connectivity index is 1.47. The zero-order valence-electron chi connectivity index (χ0n) is 16.1. The number of hydrogen-bond donors (Lipinski definition) is 1. The van der Waals surface area contributed by atoms with Crippen LogP contribution < -0.4 is 20.4 Å². The van der Waals surface area contributed by atoms with Gasteiger partial charge in [-0.25, -0.2) is 15.0 Å². The van der Waals surface area contributed by atoms with Crippen LogP contribution in [-0.2, 0) is 6.54 Å². The van der Waals surface area contributed by atoms with Gasteiger partial charge in [-0.3, -0.25) is 0 Å². The van der Waals surface area contributed by atoms with E-state index in [0.29, 0.717) is 5.69 Å². The van der Waals surface area contributed by atoms with Crippen molar-refractivity contribution in [2.24, 2.45) is 0 Å². The SMILES string of the molecule is CN(Cc1ccccc1)c1ncnc(N2CCN(c3ccccn3)CC2)c1N. The zero-order chi connectivity index (χ0) is 19.3. The smallest absolute Gasteiger partial charge is 0.157 e. The minimum atomic E-state index is 0.632. The Morgan fingerprint density at radius 2 is 1.61 bits per heavy atom. The van der Waals surface area contributed by atoms with Gasteiger partial charge in [-0.2, -0.15) is 0 Å². The molecule has 0 saturated carbocycles. The third-order valence-corrected chi connectivity index (χ3v) is 5.02. The van der Waals surface area contributed by atoms with Crippen molar-refractivity contribution >= 4 is 23.1 Å². The van der Waals surface area contributed by atoms with Crippen molar-refractivity contribution in [3.63, 3.8) is 0 Å². The summed E-state index contributed by atoms with van der Waals surface area (Å²) in [5.41, 5.74) is 8.33. The Bertz CT molecular complexity index is 893. The first-order chi connectivity index (χ1) is 13.7. The summed E-state index contributed by atoms with van der Waals surface area (Å²) in [5, 5.41) is 0. The van der Waals surface area contributed by atoms with Gasteiger partial charge < -0.3 is 20.4 Å². The lowest BCUT2D eigenvalue weighted by atomic mass is 10.2. The topological polar surface area (TPSA) is 74.4 Å². The molecule has 0 unspecified atom stereocenters. The van der Waals surface area contributed by atoms with Gasteiger partial charge in [-0.1, -0.05) is 36.4 Å². The van der Waals surface area contributed by atoms with Crippen LogP contribution in [0.1, 0.15) is 5.56 Å². The van der Waals surface area contributed by atoms with Gasteiger partial charge in [0.25, 0.3) is 0 Å². The molecule has 0 aliphatic carbocycles. The molecule has 1 saturated heterocycles. The molecule has 144 valence electrons. The molecule has 3 aromatic rings. The van der Waals surface area contributed by atoms with E-state index in [-0.39, 0.29) is 0 Å². The van der Waals surface area contributed by atoms with E-state index >= 15 is 0 Å². The predicted octanol–water partition coefficient (Wildman–Crippen LogP) is 2.42. The number of hydrogen-bond acceptors (Lipinski definition) is 7. The van der Waals surface area contributed by atoms with Crippen molar-refractivity contribution < 1.29 is 0 Å². The van der Waals surface area contributed by atoms with Crippen molar-refractivity contribution in [2.75, 3.05) is 53.7 Å². The van der Waals surface area contributed by atoms with E-state index in [9.17, 15) is 0 Å². The fourth-order valence-electron chi connectivity index (χ4n) is 3.55. The molecule has 0 atom stereocenters. The maximum Gasteiger partial charge on any atom is 0.157 e. The molecule has 1 fully saturated rings. The Kier molecular flexibility index (Phi) is 5.23. The number of nitrogens with zero attached hydrogens (tertiary/aromatic N) is 6. The van der Waals surface area contributed by atoms with Crippen LogP contribution in [-0.4, -0.2) is 48.2 Å². The molecule has 4 rings (SSSR count). The van der Waals surface area contributed by atoms with Crippen LogP contribution in [0.5, 0.6) is 0 Å². The lowest BCUT2D eigenvalue weighted by Crippen LogP contribution is -2.47. The standard InChI is InChI=1S/C21H25N7/c1-26(15-17-7-3-2-4-8-17)20-19(22)21(25-16-24-20)28-13-11-27(12-14-28)18-9-5-6-10-23-18/h2-10,16H,11-15,22H2,1H3. The average Bonchev–Trinajstić information content (AvgIpc) is 2.75. The first kappa shape index (κ1) is 18.0. The minimum Gasteiger partial charge on any atom is -0.393 e. The number of rotatable bonds is 5. The number of anilines is 4. The number of piperazine rings is 1. The molecule has 1 aromatic carbocycles. The normalized spacial score (nSPS) is 14.2. The minimum absolute atomic E-state index is 0.632. The summed E-state index contributed by atoms with van der Waals surface area (Å²) in [7, 11) is 2.01. The molecule has 1 aliphatic heterocycles. The van der Waals surface area contributed by atoms with E-state index in [1.165, 1.54) is 5.56 Å². The Hall–Kier alpha value is -3.35. The molecule has 3 heterocycles. The van der Waals surface area contributed by atoms with Gasteiger partial charge in [0.15, 0.2) is 11.6 Å². The molecule has 2 N–H and O–H groups in total. The van der Waals surface area contributed by atoms with Crippen LogP contribution in [0.4, 0.5) is 23.1 Å². The molecular weight excluding hydrogens is 350 g/mol. The molecule has 1 aliphatic rings. The molecule has 0 radical (unpaired) electrons. The monoisotopic (exact) mass is 375 g/mol. The summed E-state index contributed by atoms with van der Waals surface area (Å²) >= 11 is 0. The van der Waals surface area contributed by atoms with Gasteiger partial charge >= 0.3 is 0 Å². The summed E-state index contributed by atoms with van der Waals surface area (Å²) in [6.45, 7) is 4.21. The van der Waals surface area contributed by atoms with Crippen LogP contribution in [0.3, 0.4) is 0 Å². The van der Waals surface area contributed by atoms with Crippen molar-refractivity contribution in [3.05, 3.63) is 66.6 Å². The highest BCUT2D eigenvalue weighted by atomic mass is 15.3. The van der Waals surface area contributed by atoms with E-state index in [1.54, 1.807) is 6.33 Å². The maximum absolute atomic E-state index is 6.48. The third-order valence-electron chi connectivity index (χ3n) is 5.02. The average molecular weight is 375 g/mol. The van der Waals surface area contributed by atoms with Crippen molar-refractivity contribution in [1.82, 2.24) is 15.0 Å². The number of aromatic nitrogens is 3. The summed E-state index contributed by atoms with van der Waals surface area (Å²) < 4.78 is 0. The highest BCUT2D eigenvalue weighted by Gasteiger charge is 2.22. The van der Waals surface area contributed by atoms with E-state index < -0.39 is 0 Å². The summed E-state index contributed by atoms with van der Waals surface area (Å²) in [4.78, 5) is 19.9. The molecule has 2 aromatic heterocycles. The third kappa shape index (κ3) is 3.83. The predicted molar refractivity (Wildman–Crippen MR) is 114 cm³/mol. The van der Waals surface area contributed by atoms with Gasteiger partial charge in [0.05, 0.1) is 0 Å². The molecule has 7 heteroatoms. The fourth-order valence-corrected chi connectivity index (χ4v) is 3.55. The van der Waals surface area contributed by atoms with Gasteiger partial charge in [0, 0.05) is 46.0 Å². The second kappa shape index (κ2) is 8.12. The highest BCUT2D eigenvalue weighted by molar-refractivity contribution is 5.75. The summed E-state index contributed by atoms with van der Waals surface area (Å²) in [6.07, 6.45) is 3.44. The second-order valence-electron chi connectivity index (χ2n) is 6.94. The molecule has 0 spiro atoms. The first-order valence-electron chi connectivity index (χ1n) is 9.49. The first-order valence-corrected chi connectivity index (χ1v) is 9.49. The van der Waals surface area contributed by atoms with Crippen molar-refractivity contribution in [2.45, 2.75) is 6.54 Å². The van der Waals surface area contributed by atoms with Crippen LogP contribution in [0.15, 0.2) is 61.1 Å². The largest absolute Gasteiger partial charge is 0.393 e. The number of nitrogen functional groups attached to an aromatic ring is 1. The van der Waals surface area contributed by atoms with Gasteiger partial charge in [-0.15, -0.1) is 0 Å². The van der Waals surface area contributed by atoms with Crippen molar-refractivity contribution in [3.8, 4) is 0 Å².